The van der Waals surface area contributed by atoms with Gasteiger partial charge in [-0.2, -0.15) is 4.98 Å². The Kier molecular flexibility index (Phi) is 5.09. The molecule has 0 saturated heterocycles. The van der Waals surface area contributed by atoms with Crippen molar-refractivity contribution in [2.45, 2.75) is 55.5 Å². The van der Waals surface area contributed by atoms with Gasteiger partial charge in [0.25, 0.3) is 0 Å². The minimum Gasteiger partial charge on any atom is -0.338 e. The van der Waals surface area contributed by atoms with E-state index in [1.165, 1.54) is 23.9 Å². The third-order valence-corrected chi connectivity index (χ3v) is 5.92. The zero-order valence-electron chi connectivity index (χ0n) is 15.0. The van der Waals surface area contributed by atoms with E-state index >= 15 is 0 Å². The van der Waals surface area contributed by atoms with E-state index in [0.29, 0.717) is 23.8 Å². The van der Waals surface area contributed by atoms with Gasteiger partial charge in [-0.05, 0) is 32.0 Å². The maximum absolute atomic E-state index is 11.6. The fraction of sp³-hybridized carbons (Fsp3) is 0.438. The Hall–Kier alpha value is -1.91. The van der Waals surface area contributed by atoms with E-state index in [0.717, 1.165) is 10.7 Å². The van der Waals surface area contributed by atoms with Crippen LogP contribution < -0.4 is 5.14 Å². The average molecular weight is 396 g/mol. The first-order chi connectivity index (χ1) is 12.2. The number of rotatable bonds is 6. The van der Waals surface area contributed by atoms with Crippen LogP contribution in [0.25, 0.3) is 11.0 Å². The van der Waals surface area contributed by atoms with Crippen LogP contribution in [0.3, 0.4) is 0 Å². The largest absolute Gasteiger partial charge is 0.338 e. The Morgan fingerprint density at radius 1 is 1.27 bits per heavy atom. The van der Waals surface area contributed by atoms with E-state index in [9.17, 15) is 8.42 Å². The van der Waals surface area contributed by atoms with Crippen LogP contribution in [0.5, 0.6) is 0 Å². The molecule has 2 aromatic heterocycles. The lowest BCUT2D eigenvalue weighted by Gasteiger charge is -2.08. The van der Waals surface area contributed by atoms with Crippen LogP contribution in [0.1, 0.15) is 50.6 Å². The van der Waals surface area contributed by atoms with Crippen molar-refractivity contribution in [3.05, 3.63) is 29.9 Å². The highest BCUT2D eigenvalue weighted by Crippen LogP contribution is 2.36. The van der Waals surface area contributed by atoms with Gasteiger partial charge in [0.05, 0.1) is 21.2 Å². The molecule has 3 aromatic rings. The number of aryl methyl sites for hydroxylation is 1. The molecule has 8 nitrogen and oxygen atoms in total. The molecule has 1 unspecified atom stereocenters. The third-order valence-electron chi connectivity index (χ3n) is 3.93. The smallest absolute Gasteiger partial charge is 0.239 e. The molecule has 10 heteroatoms. The highest BCUT2D eigenvalue weighted by molar-refractivity contribution is 7.99. The summed E-state index contributed by atoms with van der Waals surface area (Å²) in [4.78, 5) is 9.06. The van der Waals surface area contributed by atoms with Gasteiger partial charge in [-0.15, -0.1) is 0 Å². The summed E-state index contributed by atoms with van der Waals surface area (Å²) in [5, 5.41) is 9.88. The summed E-state index contributed by atoms with van der Waals surface area (Å²) in [6.45, 7) is 8.68. The predicted octanol–water partition coefficient (Wildman–Crippen LogP) is 3.06. The van der Waals surface area contributed by atoms with Crippen molar-refractivity contribution in [2.75, 3.05) is 0 Å². The van der Waals surface area contributed by atoms with Crippen LogP contribution in [0.2, 0.25) is 0 Å². The first-order valence-electron chi connectivity index (χ1n) is 8.24. The fourth-order valence-electron chi connectivity index (χ4n) is 2.52. The molecule has 26 heavy (non-hydrogen) atoms. The van der Waals surface area contributed by atoms with Crippen LogP contribution in [0.15, 0.2) is 32.8 Å². The number of benzene rings is 1. The van der Waals surface area contributed by atoms with Crippen LogP contribution >= 0.6 is 11.8 Å². The van der Waals surface area contributed by atoms with E-state index in [4.69, 9.17) is 9.66 Å². The normalized spacial score (nSPS) is 13.6. The molecule has 0 bridgehead atoms. The van der Waals surface area contributed by atoms with Crippen LogP contribution in [0.4, 0.5) is 0 Å². The summed E-state index contributed by atoms with van der Waals surface area (Å²) in [7, 11) is -3.77. The third kappa shape index (κ3) is 3.62. The number of hydrogen-bond donors (Lipinski definition) is 1. The molecule has 1 atom stereocenters. The van der Waals surface area contributed by atoms with E-state index in [1.807, 2.05) is 32.3 Å². The number of sulfonamides is 1. The van der Waals surface area contributed by atoms with Gasteiger partial charge in [0.2, 0.25) is 15.9 Å². The number of fused-ring (bicyclic) bond motifs is 1. The highest BCUT2D eigenvalue weighted by atomic mass is 32.2. The van der Waals surface area contributed by atoms with Gasteiger partial charge in [0.1, 0.15) is 0 Å². The van der Waals surface area contributed by atoms with Gasteiger partial charge < -0.3 is 9.09 Å². The minimum absolute atomic E-state index is 0.0498. The number of primary sulfonamides is 1. The second-order valence-corrected chi connectivity index (χ2v) is 9.11. The lowest BCUT2D eigenvalue weighted by atomic mass is 10.2. The standard InChI is InChI=1S/C16H21N5O3S2/c1-5-21-13-7-6-11(26(17,22)23)8-12(13)18-16(21)25-10(4)15-19-14(9(2)3)20-24-15/h6-10H,5H2,1-4H3,(H2,17,22,23). The number of hydrogen-bond acceptors (Lipinski definition) is 7. The Morgan fingerprint density at radius 2 is 2.00 bits per heavy atom. The lowest BCUT2D eigenvalue weighted by molar-refractivity contribution is 0.373. The second-order valence-electron chi connectivity index (χ2n) is 6.24. The Labute approximate surface area is 156 Å². The maximum atomic E-state index is 11.6. The first-order valence-corrected chi connectivity index (χ1v) is 10.7. The van der Waals surface area contributed by atoms with E-state index in [-0.39, 0.29) is 16.1 Å². The lowest BCUT2D eigenvalue weighted by Crippen LogP contribution is -2.11. The average Bonchev–Trinajstić information content (AvgIpc) is 3.17. The summed E-state index contributed by atoms with van der Waals surface area (Å²) in [6, 6.07) is 4.72. The number of nitrogens with zero attached hydrogens (tertiary/aromatic N) is 4. The van der Waals surface area contributed by atoms with Crippen molar-refractivity contribution in [1.29, 1.82) is 0 Å². The molecule has 0 spiro atoms. The molecule has 0 aliphatic heterocycles. The number of nitrogens with two attached hydrogens (primary N) is 1. The van der Waals surface area contributed by atoms with Gasteiger partial charge in [0.15, 0.2) is 11.0 Å². The fourth-order valence-corrected chi connectivity index (χ4v) is 4.07. The molecule has 1 aromatic carbocycles. The zero-order chi connectivity index (χ0) is 19.1. The minimum atomic E-state index is -3.77. The molecule has 0 aliphatic rings. The number of imidazole rings is 1. The Balaban J connectivity index is 1.95. The molecular formula is C16H21N5O3S2. The van der Waals surface area contributed by atoms with Crippen molar-refractivity contribution in [1.82, 2.24) is 19.7 Å². The van der Waals surface area contributed by atoms with Gasteiger partial charge in [-0.25, -0.2) is 18.5 Å². The maximum Gasteiger partial charge on any atom is 0.239 e. The topological polar surface area (TPSA) is 117 Å². The molecule has 0 aliphatic carbocycles. The number of aromatic nitrogens is 4. The summed E-state index contributed by atoms with van der Waals surface area (Å²) < 4.78 is 30.5. The van der Waals surface area contributed by atoms with Crippen LogP contribution in [0, 0.1) is 0 Å². The molecular weight excluding hydrogens is 374 g/mol. The summed E-state index contributed by atoms with van der Waals surface area (Å²) in [5.41, 5.74) is 1.43. The predicted molar refractivity (Wildman–Crippen MR) is 99.4 cm³/mol. The molecule has 140 valence electrons. The van der Waals surface area contributed by atoms with E-state index in [2.05, 4.69) is 15.1 Å². The molecule has 3 rings (SSSR count). The Bertz CT molecular complexity index is 1040. The second kappa shape index (κ2) is 7.01. The van der Waals surface area contributed by atoms with Gasteiger partial charge in [0, 0.05) is 12.5 Å². The molecule has 0 saturated carbocycles. The monoisotopic (exact) mass is 395 g/mol. The molecule has 0 amide bonds. The summed E-state index contributed by atoms with van der Waals surface area (Å²) in [6.07, 6.45) is 0. The quantitative estimate of drug-likeness (QED) is 0.637. The summed E-state index contributed by atoms with van der Waals surface area (Å²) in [5.74, 6) is 1.41. The van der Waals surface area contributed by atoms with Gasteiger partial charge in [-0.1, -0.05) is 30.8 Å². The summed E-state index contributed by atoms with van der Waals surface area (Å²) >= 11 is 1.49. The number of thioether (sulfide) groups is 1. The van der Waals surface area contributed by atoms with Crippen LogP contribution in [-0.2, 0) is 16.6 Å². The van der Waals surface area contributed by atoms with Crippen molar-refractivity contribution >= 4 is 32.8 Å². The van der Waals surface area contributed by atoms with Crippen molar-refractivity contribution < 1.29 is 12.9 Å². The highest BCUT2D eigenvalue weighted by Gasteiger charge is 2.21. The van der Waals surface area contributed by atoms with Crippen molar-refractivity contribution in [2.24, 2.45) is 5.14 Å². The van der Waals surface area contributed by atoms with Gasteiger partial charge in [-0.3, -0.25) is 0 Å². The molecule has 2 N–H and O–H groups in total. The molecule has 2 heterocycles. The van der Waals surface area contributed by atoms with Gasteiger partial charge >= 0.3 is 0 Å². The SMILES string of the molecule is CCn1c(SC(C)c2nc(C(C)C)no2)nc2cc(S(N)(=O)=O)ccc21. The zero-order valence-corrected chi connectivity index (χ0v) is 16.6. The van der Waals surface area contributed by atoms with E-state index < -0.39 is 10.0 Å². The van der Waals surface area contributed by atoms with Crippen molar-refractivity contribution in [3.8, 4) is 0 Å². The first kappa shape index (κ1) is 18.9. The van der Waals surface area contributed by atoms with Crippen LogP contribution in [-0.4, -0.2) is 28.1 Å². The van der Waals surface area contributed by atoms with Crippen molar-refractivity contribution in [3.63, 3.8) is 0 Å². The molecule has 0 fully saturated rings. The molecule has 0 radical (unpaired) electrons. The van der Waals surface area contributed by atoms with E-state index in [1.54, 1.807) is 6.07 Å². The Morgan fingerprint density at radius 3 is 2.58 bits per heavy atom.